The number of hydrogen-bond acceptors (Lipinski definition) is 0. The Bertz CT molecular complexity index is 1080. The number of rotatable bonds is 4. The average molecular weight is 400 g/mol. The summed E-state index contributed by atoms with van der Waals surface area (Å²) >= 11 is 0. The molecule has 0 N–H and O–H groups in total. The van der Waals surface area contributed by atoms with Crippen LogP contribution in [0.2, 0.25) is 0 Å². The number of alkyl halides is 3. The summed E-state index contributed by atoms with van der Waals surface area (Å²) in [5.74, 6) is 0. The van der Waals surface area contributed by atoms with E-state index in [1.54, 1.807) is 12.1 Å². The van der Waals surface area contributed by atoms with Crippen molar-refractivity contribution in [3.63, 3.8) is 0 Å². The highest BCUT2D eigenvalue weighted by Gasteiger charge is 2.30. The molecule has 0 saturated heterocycles. The van der Waals surface area contributed by atoms with Crippen LogP contribution in [-0.2, 0) is 6.18 Å². The van der Waals surface area contributed by atoms with Gasteiger partial charge in [0.15, 0.2) is 0 Å². The maximum absolute atomic E-state index is 13.1. The SMILES string of the molecule is FC(F)(F)c1ccc(C(=C(c2ccccc2)c2ccccc2)c2ccccc2)cc1. The van der Waals surface area contributed by atoms with E-state index in [9.17, 15) is 13.2 Å². The zero-order chi connectivity index (χ0) is 21.0. The second-order valence-electron chi connectivity index (χ2n) is 6.92. The Kier molecular flexibility index (Phi) is 5.53. The van der Waals surface area contributed by atoms with Crippen molar-refractivity contribution in [1.82, 2.24) is 0 Å². The second kappa shape index (κ2) is 8.42. The van der Waals surface area contributed by atoms with Crippen molar-refractivity contribution in [2.45, 2.75) is 6.18 Å². The zero-order valence-corrected chi connectivity index (χ0v) is 16.1. The molecule has 0 radical (unpaired) electrons. The van der Waals surface area contributed by atoms with E-state index in [0.29, 0.717) is 0 Å². The van der Waals surface area contributed by atoms with Gasteiger partial charge in [0, 0.05) is 0 Å². The normalized spacial score (nSPS) is 11.2. The van der Waals surface area contributed by atoms with Crippen LogP contribution in [0, 0.1) is 0 Å². The molecule has 0 heterocycles. The first-order chi connectivity index (χ1) is 14.5. The molecule has 3 heteroatoms. The summed E-state index contributed by atoms with van der Waals surface area (Å²) in [6, 6.07) is 35.0. The first kappa shape index (κ1) is 19.7. The summed E-state index contributed by atoms with van der Waals surface area (Å²) in [6.07, 6.45) is -4.36. The Hall–Kier alpha value is -3.59. The maximum Gasteiger partial charge on any atom is 0.416 e. The number of halogens is 3. The minimum atomic E-state index is -4.36. The van der Waals surface area contributed by atoms with Gasteiger partial charge in [-0.05, 0) is 45.5 Å². The molecule has 0 aromatic heterocycles. The minimum absolute atomic E-state index is 0.653. The predicted molar refractivity (Wildman–Crippen MR) is 116 cm³/mol. The number of hydrogen-bond donors (Lipinski definition) is 0. The molecular weight excluding hydrogens is 381 g/mol. The maximum atomic E-state index is 13.1. The van der Waals surface area contributed by atoms with Gasteiger partial charge in [-0.25, -0.2) is 0 Å². The van der Waals surface area contributed by atoms with Gasteiger partial charge in [0.05, 0.1) is 5.56 Å². The predicted octanol–water partition coefficient (Wildman–Crippen LogP) is 7.71. The molecule has 0 nitrogen and oxygen atoms in total. The van der Waals surface area contributed by atoms with Crippen molar-refractivity contribution < 1.29 is 13.2 Å². The van der Waals surface area contributed by atoms with Gasteiger partial charge in [-0.3, -0.25) is 0 Å². The van der Waals surface area contributed by atoms with Crippen LogP contribution in [0.5, 0.6) is 0 Å². The Labute approximate surface area is 174 Å². The molecule has 0 unspecified atom stereocenters. The molecule has 4 aromatic rings. The third-order valence-electron chi connectivity index (χ3n) is 4.94. The van der Waals surface area contributed by atoms with Crippen LogP contribution < -0.4 is 0 Å². The van der Waals surface area contributed by atoms with Crippen molar-refractivity contribution in [2.24, 2.45) is 0 Å². The molecule has 0 bridgehead atoms. The van der Waals surface area contributed by atoms with E-state index in [4.69, 9.17) is 0 Å². The lowest BCUT2D eigenvalue weighted by Crippen LogP contribution is -2.05. The highest BCUT2D eigenvalue weighted by Crippen LogP contribution is 2.38. The summed E-state index contributed by atoms with van der Waals surface area (Å²) in [5, 5.41) is 0. The van der Waals surface area contributed by atoms with E-state index in [0.717, 1.165) is 45.5 Å². The van der Waals surface area contributed by atoms with Gasteiger partial charge in [-0.1, -0.05) is 103 Å². The first-order valence-corrected chi connectivity index (χ1v) is 9.62. The molecule has 0 aliphatic rings. The van der Waals surface area contributed by atoms with Gasteiger partial charge < -0.3 is 0 Å². The molecule has 0 aliphatic heterocycles. The largest absolute Gasteiger partial charge is 0.416 e. The van der Waals surface area contributed by atoms with Crippen LogP contribution in [0.3, 0.4) is 0 Å². The summed E-state index contributed by atoms with van der Waals surface area (Å²) in [5.41, 5.74) is 4.89. The second-order valence-corrected chi connectivity index (χ2v) is 6.92. The Morgan fingerprint density at radius 3 is 1.00 bits per heavy atom. The van der Waals surface area contributed by atoms with E-state index in [1.807, 2.05) is 91.0 Å². The molecule has 0 aliphatic carbocycles. The van der Waals surface area contributed by atoms with Gasteiger partial charge in [-0.15, -0.1) is 0 Å². The van der Waals surface area contributed by atoms with Gasteiger partial charge in [0.25, 0.3) is 0 Å². The fourth-order valence-electron chi connectivity index (χ4n) is 3.55. The van der Waals surface area contributed by atoms with Crippen molar-refractivity contribution in [2.75, 3.05) is 0 Å². The highest BCUT2D eigenvalue weighted by molar-refractivity contribution is 6.04. The van der Waals surface area contributed by atoms with E-state index < -0.39 is 11.7 Å². The molecular formula is C27H19F3. The third kappa shape index (κ3) is 4.20. The van der Waals surface area contributed by atoms with E-state index in [-0.39, 0.29) is 0 Å². The molecule has 0 atom stereocenters. The highest BCUT2D eigenvalue weighted by atomic mass is 19.4. The smallest absolute Gasteiger partial charge is 0.166 e. The fraction of sp³-hybridized carbons (Fsp3) is 0.0370. The summed E-state index contributed by atoms with van der Waals surface area (Å²) in [6.45, 7) is 0. The molecule has 0 amide bonds. The zero-order valence-electron chi connectivity index (χ0n) is 16.1. The van der Waals surface area contributed by atoms with Crippen molar-refractivity contribution >= 4 is 11.1 Å². The molecule has 4 aromatic carbocycles. The molecule has 30 heavy (non-hydrogen) atoms. The van der Waals surface area contributed by atoms with Crippen molar-refractivity contribution in [3.05, 3.63) is 143 Å². The van der Waals surface area contributed by atoms with Crippen LogP contribution in [-0.4, -0.2) is 0 Å². The summed E-state index contributed by atoms with van der Waals surface area (Å²) < 4.78 is 39.4. The first-order valence-electron chi connectivity index (χ1n) is 9.62. The van der Waals surface area contributed by atoms with Gasteiger partial charge in [-0.2, -0.15) is 13.2 Å². The summed E-state index contributed by atoms with van der Waals surface area (Å²) in [4.78, 5) is 0. The Balaban J connectivity index is 2.03. The Morgan fingerprint density at radius 2 is 0.700 bits per heavy atom. The van der Waals surface area contributed by atoms with Crippen LogP contribution in [0.25, 0.3) is 11.1 Å². The van der Waals surface area contributed by atoms with Crippen molar-refractivity contribution in [1.29, 1.82) is 0 Å². The molecule has 0 spiro atoms. The molecule has 0 saturated carbocycles. The fourth-order valence-corrected chi connectivity index (χ4v) is 3.55. The lowest BCUT2D eigenvalue weighted by atomic mass is 9.85. The van der Waals surface area contributed by atoms with Gasteiger partial charge in [0.1, 0.15) is 0 Å². The van der Waals surface area contributed by atoms with Crippen LogP contribution in [0.15, 0.2) is 115 Å². The lowest BCUT2D eigenvalue weighted by Gasteiger charge is -2.18. The summed E-state index contributed by atoms with van der Waals surface area (Å²) in [7, 11) is 0. The number of benzene rings is 4. The monoisotopic (exact) mass is 400 g/mol. The quantitative estimate of drug-likeness (QED) is 0.308. The topological polar surface area (TPSA) is 0 Å². The minimum Gasteiger partial charge on any atom is -0.166 e. The van der Waals surface area contributed by atoms with E-state index in [1.165, 1.54) is 0 Å². The van der Waals surface area contributed by atoms with E-state index in [2.05, 4.69) is 0 Å². The van der Waals surface area contributed by atoms with Gasteiger partial charge in [0.2, 0.25) is 0 Å². The van der Waals surface area contributed by atoms with Crippen LogP contribution >= 0.6 is 0 Å². The lowest BCUT2D eigenvalue weighted by molar-refractivity contribution is -0.137. The van der Waals surface area contributed by atoms with Crippen molar-refractivity contribution in [3.8, 4) is 0 Å². The third-order valence-corrected chi connectivity index (χ3v) is 4.94. The molecule has 148 valence electrons. The molecule has 4 rings (SSSR count). The Morgan fingerprint density at radius 1 is 0.400 bits per heavy atom. The average Bonchev–Trinajstić information content (AvgIpc) is 2.79. The van der Waals surface area contributed by atoms with Gasteiger partial charge >= 0.3 is 6.18 Å². The van der Waals surface area contributed by atoms with E-state index >= 15 is 0 Å². The van der Waals surface area contributed by atoms with Crippen LogP contribution in [0.1, 0.15) is 27.8 Å². The standard InChI is InChI=1S/C27H19F3/c28-27(29,30)24-18-16-23(17-19-24)26(22-14-8-3-9-15-22)25(20-10-4-1-5-11-20)21-12-6-2-7-13-21/h1-19H. The van der Waals surface area contributed by atoms with Crippen LogP contribution in [0.4, 0.5) is 13.2 Å². The molecule has 0 fully saturated rings.